The first kappa shape index (κ1) is 16.2. The van der Waals surface area contributed by atoms with E-state index in [0.29, 0.717) is 6.61 Å². The third kappa shape index (κ3) is 13.2. The molecule has 0 N–H and O–H groups in total. The van der Waals surface area contributed by atoms with E-state index in [2.05, 4.69) is 6.92 Å². The minimum absolute atomic E-state index is 0.0134. The molecule has 0 heterocycles. The quantitative estimate of drug-likeness (QED) is 0.333. The Morgan fingerprint density at radius 3 is 2.35 bits per heavy atom. The van der Waals surface area contributed by atoms with Crippen LogP contribution in [-0.2, 0) is 14.2 Å². The fraction of sp³-hybridized carbons (Fsp3) is 0.923. The van der Waals surface area contributed by atoms with Crippen molar-refractivity contribution in [3.05, 3.63) is 0 Å². The van der Waals surface area contributed by atoms with Gasteiger partial charge in [-0.2, -0.15) is 0 Å². The molecule has 0 bridgehead atoms. The summed E-state index contributed by atoms with van der Waals surface area (Å²) in [5, 5.41) is 0. The van der Waals surface area contributed by atoms with Crippen LogP contribution >= 0.6 is 0 Å². The SMILES string of the molecule is CCCCCCCCOCOC(=O)OC(C)C. The summed E-state index contributed by atoms with van der Waals surface area (Å²) in [6.07, 6.45) is 6.51. The van der Waals surface area contributed by atoms with Crippen LogP contribution in [-0.4, -0.2) is 25.7 Å². The van der Waals surface area contributed by atoms with Crippen molar-refractivity contribution >= 4 is 6.16 Å². The van der Waals surface area contributed by atoms with Crippen molar-refractivity contribution in [2.75, 3.05) is 13.4 Å². The van der Waals surface area contributed by atoms with Gasteiger partial charge in [0.1, 0.15) is 0 Å². The lowest BCUT2D eigenvalue weighted by molar-refractivity contribution is -0.0523. The monoisotopic (exact) mass is 246 g/mol. The van der Waals surface area contributed by atoms with Crippen molar-refractivity contribution in [1.29, 1.82) is 0 Å². The van der Waals surface area contributed by atoms with Crippen LogP contribution in [0.25, 0.3) is 0 Å². The molecule has 4 heteroatoms. The summed E-state index contributed by atoms with van der Waals surface area (Å²) in [5.74, 6) is 0. The van der Waals surface area contributed by atoms with E-state index in [-0.39, 0.29) is 12.9 Å². The van der Waals surface area contributed by atoms with Crippen molar-refractivity contribution in [1.82, 2.24) is 0 Å². The van der Waals surface area contributed by atoms with Gasteiger partial charge in [0, 0.05) is 0 Å². The van der Waals surface area contributed by atoms with Gasteiger partial charge in [-0.15, -0.1) is 0 Å². The van der Waals surface area contributed by atoms with Gasteiger partial charge in [0.05, 0.1) is 12.7 Å². The van der Waals surface area contributed by atoms with E-state index in [1.807, 2.05) is 0 Å². The topological polar surface area (TPSA) is 44.8 Å². The zero-order valence-electron chi connectivity index (χ0n) is 11.4. The standard InChI is InChI=1S/C13H26O4/c1-4-5-6-7-8-9-10-15-11-16-13(14)17-12(2)3/h12H,4-11H2,1-3H3. The Morgan fingerprint density at radius 1 is 1.06 bits per heavy atom. The number of hydrogen-bond acceptors (Lipinski definition) is 4. The molecule has 0 spiro atoms. The van der Waals surface area contributed by atoms with Gasteiger partial charge in [-0.3, -0.25) is 0 Å². The molecule has 0 unspecified atom stereocenters. The van der Waals surface area contributed by atoms with Crippen LogP contribution in [0.5, 0.6) is 0 Å². The molecule has 4 nitrogen and oxygen atoms in total. The molecule has 0 atom stereocenters. The van der Waals surface area contributed by atoms with Gasteiger partial charge in [0.2, 0.25) is 0 Å². The zero-order chi connectivity index (χ0) is 12.9. The van der Waals surface area contributed by atoms with Crippen molar-refractivity contribution < 1.29 is 19.0 Å². The predicted octanol–water partition coefficient (Wildman–Crippen LogP) is 3.88. The van der Waals surface area contributed by atoms with Crippen molar-refractivity contribution in [3.63, 3.8) is 0 Å². The average Bonchev–Trinajstić information content (AvgIpc) is 2.26. The lowest BCUT2D eigenvalue weighted by atomic mass is 10.1. The highest BCUT2D eigenvalue weighted by molar-refractivity contribution is 5.59. The van der Waals surface area contributed by atoms with Crippen LogP contribution in [0.1, 0.15) is 59.3 Å². The summed E-state index contributed by atoms with van der Waals surface area (Å²) in [7, 11) is 0. The first-order valence-corrected chi connectivity index (χ1v) is 6.58. The number of unbranched alkanes of at least 4 members (excludes halogenated alkanes) is 5. The molecule has 0 aliphatic carbocycles. The summed E-state index contributed by atoms with van der Waals surface area (Å²) in [5.41, 5.74) is 0. The van der Waals surface area contributed by atoms with Crippen LogP contribution in [0, 0.1) is 0 Å². The fourth-order valence-electron chi connectivity index (χ4n) is 1.36. The van der Waals surface area contributed by atoms with Crippen LogP contribution < -0.4 is 0 Å². The maximum atomic E-state index is 10.9. The Balaban J connectivity index is 3.10. The summed E-state index contributed by atoms with van der Waals surface area (Å²) in [4.78, 5) is 10.9. The summed E-state index contributed by atoms with van der Waals surface area (Å²) < 4.78 is 14.7. The van der Waals surface area contributed by atoms with E-state index in [1.165, 1.54) is 32.1 Å². The van der Waals surface area contributed by atoms with Crippen molar-refractivity contribution in [3.8, 4) is 0 Å². The Bertz CT molecular complexity index is 180. The van der Waals surface area contributed by atoms with E-state index in [4.69, 9.17) is 14.2 Å². The van der Waals surface area contributed by atoms with Gasteiger partial charge >= 0.3 is 6.16 Å². The van der Waals surface area contributed by atoms with Crippen LogP contribution in [0.3, 0.4) is 0 Å². The molecule has 0 aromatic rings. The largest absolute Gasteiger partial charge is 0.510 e. The molecule has 0 rings (SSSR count). The molecule has 17 heavy (non-hydrogen) atoms. The van der Waals surface area contributed by atoms with Gasteiger partial charge in [-0.1, -0.05) is 39.0 Å². The molecule has 102 valence electrons. The highest BCUT2D eigenvalue weighted by Crippen LogP contribution is 2.04. The Morgan fingerprint density at radius 2 is 1.71 bits per heavy atom. The van der Waals surface area contributed by atoms with Gasteiger partial charge < -0.3 is 14.2 Å². The van der Waals surface area contributed by atoms with E-state index in [9.17, 15) is 4.79 Å². The normalized spacial score (nSPS) is 10.6. The lowest BCUT2D eigenvalue weighted by Gasteiger charge is -2.08. The fourth-order valence-corrected chi connectivity index (χ4v) is 1.36. The lowest BCUT2D eigenvalue weighted by Crippen LogP contribution is -2.15. The molecule has 0 saturated carbocycles. The van der Waals surface area contributed by atoms with Crippen LogP contribution in [0.4, 0.5) is 4.79 Å². The second-order valence-electron chi connectivity index (χ2n) is 4.35. The molecule has 0 aromatic heterocycles. The summed E-state index contributed by atoms with van der Waals surface area (Å²) >= 11 is 0. The van der Waals surface area contributed by atoms with Crippen molar-refractivity contribution in [2.45, 2.75) is 65.4 Å². The number of hydrogen-bond donors (Lipinski definition) is 0. The molecular formula is C13H26O4. The van der Waals surface area contributed by atoms with Gasteiger partial charge in [0.25, 0.3) is 0 Å². The maximum absolute atomic E-state index is 10.9. The molecular weight excluding hydrogens is 220 g/mol. The smallest absolute Gasteiger partial charge is 0.432 e. The third-order valence-electron chi connectivity index (χ3n) is 2.23. The Labute approximate surface area is 105 Å². The first-order valence-electron chi connectivity index (χ1n) is 6.58. The number of rotatable bonds is 10. The number of carbonyl (C=O) groups excluding carboxylic acids is 1. The highest BCUT2D eigenvalue weighted by Gasteiger charge is 2.05. The van der Waals surface area contributed by atoms with Gasteiger partial charge in [-0.25, -0.2) is 4.79 Å². The average molecular weight is 246 g/mol. The minimum atomic E-state index is -0.664. The molecule has 0 saturated heterocycles. The summed E-state index contributed by atoms with van der Waals surface area (Å²) in [6, 6.07) is 0. The second kappa shape index (κ2) is 11.7. The number of carbonyl (C=O) groups is 1. The van der Waals surface area contributed by atoms with Crippen LogP contribution in [0.15, 0.2) is 0 Å². The van der Waals surface area contributed by atoms with E-state index in [0.717, 1.165) is 6.42 Å². The molecule has 0 aromatic carbocycles. The van der Waals surface area contributed by atoms with E-state index in [1.54, 1.807) is 13.8 Å². The Hall–Kier alpha value is -0.770. The molecule has 0 aliphatic rings. The maximum Gasteiger partial charge on any atom is 0.510 e. The third-order valence-corrected chi connectivity index (χ3v) is 2.23. The molecule has 0 fully saturated rings. The second-order valence-corrected chi connectivity index (χ2v) is 4.35. The van der Waals surface area contributed by atoms with E-state index >= 15 is 0 Å². The first-order chi connectivity index (χ1) is 8.16. The minimum Gasteiger partial charge on any atom is -0.432 e. The van der Waals surface area contributed by atoms with Gasteiger partial charge in [-0.05, 0) is 20.3 Å². The highest BCUT2D eigenvalue weighted by atomic mass is 16.8. The Kier molecular flexibility index (Phi) is 11.2. The summed E-state index contributed by atoms with van der Waals surface area (Å²) in [6.45, 7) is 6.38. The van der Waals surface area contributed by atoms with E-state index < -0.39 is 6.16 Å². The molecule has 0 amide bonds. The zero-order valence-corrected chi connectivity index (χ0v) is 11.4. The molecule has 0 radical (unpaired) electrons. The number of ether oxygens (including phenoxy) is 3. The van der Waals surface area contributed by atoms with Gasteiger partial charge in [0.15, 0.2) is 6.79 Å². The predicted molar refractivity (Wildman–Crippen MR) is 66.9 cm³/mol. The molecule has 0 aliphatic heterocycles. The van der Waals surface area contributed by atoms with Crippen molar-refractivity contribution in [2.24, 2.45) is 0 Å². The van der Waals surface area contributed by atoms with Crippen LogP contribution in [0.2, 0.25) is 0 Å².